The number of anilines is 1. The third kappa shape index (κ3) is 6.25. The van der Waals surface area contributed by atoms with Crippen molar-refractivity contribution >= 4 is 23.5 Å². The van der Waals surface area contributed by atoms with E-state index < -0.39 is 0 Å². The zero-order chi connectivity index (χ0) is 19.8. The molecule has 0 saturated carbocycles. The quantitative estimate of drug-likeness (QED) is 0.596. The van der Waals surface area contributed by atoms with Crippen molar-refractivity contribution in [3.8, 4) is 0 Å². The Balaban J connectivity index is 1.94. The van der Waals surface area contributed by atoms with Crippen LogP contribution in [0.2, 0.25) is 0 Å². The molecule has 8 heteroatoms. The number of rotatable bonds is 6. The van der Waals surface area contributed by atoms with Crippen LogP contribution in [-0.4, -0.2) is 55.0 Å². The third-order valence-electron chi connectivity index (χ3n) is 4.33. The van der Waals surface area contributed by atoms with Crippen molar-refractivity contribution in [2.45, 2.75) is 32.7 Å². The van der Waals surface area contributed by atoms with Gasteiger partial charge in [-0.3, -0.25) is 9.59 Å². The Labute approximate surface area is 159 Å². The van der Waals surface area contributed by atoms with Gasteiger partial charge in [0.2, 0.25) is 5.91 Å². The summed E-state index contributed by atoms with van der Waals surface area (Å²) in [7, 11) is 0. The van der Waals surface area contributed by atoms with Gasteiger partial charge in [-0.1, -0.05) is 0 Å². The molecular formula is C19H29N5O3. The second-order valence-electron chi connectivity index (χ2n) is 7.00. The summed E-state index contributed by atoms with van der Waals surface area (Å²) < 4.78 is 0. The molecule has 1 unspecified atom stereocenters. The molecule has 148 valence electrons. The Morgan fingerprint density at radius 3 is 2.56 bits per heavy atom. The van der Waals surface area contributed by atoms with Crippen molar-refractivity contribution in [3.63, 3.8) is 0 Å². The monoisotopic (exact) mass is 375 g/mol. The summed E-state index contributed by atoms with van der Waals surface area (Å²) in [4.78, 5) is 38.3. The van der Waals surface area contributed by atoms with Crippen LogP contribution in [0.4, 0.5) is 10.5 Å². The van der Waals surface area contributed by atoms with Crippen LogP contribution in [0.25, 0.3) is 0 Å². The number of carbonyl (C=O) groups is 3. The van der Waals surface area contributed by atoms with E-state index >= 15 is 0 Å². The molecule has 27 heavy (non-hydrogen) atoms. The highest BCUT2D eigenvalue weighted by molar-refractivity contribution is 5.96. The van der Waals surface area contributed by atoms with E-state index in [9.17, 15) is 14.4 Å². The van der Waals surface area contributed by atoms with Gasteiger partial charge in [-0.25, -0.2) is 4.79 Å². The van der Waals surface area contributed by atoms with E-state index in [1.54, 1.807) is 29.2 Å². The molecule has 2 rings (SSSR count). The predicted molar refractivity (Wildman–Crippen MR) is 104 cm³/mol. The Morgan fingerprint density at radius 1 is 1.22 bits per heavy atom. The van der Waals surface area contributed by atoms with Crippen molar-refractivity contribution in [3.05, 3.63) is 29.8 Å². The lowest BCUT2D eigenvalue weighted by molar-refractivity contribution is -0.126. The summed E-state index contributed by atoms with van der Waals surface area (Å²) in [5.41, 5.74) is 6.56. The van der Waals surface area contributed by atoms with Crippen LogP contribution in [0.1, 0.15) is 37.0 Å². The lowest BCUT2D eigenvalue weighted by atomic mass is 9.96. The summed E-state index contributed by atoms with van der Waals surface area (Å²) in [5, 5.41) is 8.25. The van der Waals surface area contributed by atoms with Crippen LogP contribution < -0.4 is 21.7 Å². The average molecular weight is 375 g/mol. The van der Waals surface area contributed by atoms with E-state index in [1.807, 2.05) is 13.8 Å². The number of amides is 4. The fraction of sp³-hybridized carbons (Fsp3) is 0.526. The maximum Gasteiger partial charge on any atom is 0.319 e. The number of benzene rings is 1. The first-order valence-corrected chi connectivity index (χ1v) is 9.35. The fourth-order valence-electron chi connectivity index (χ4n) is 3.02. The second kappa shape index (κ2) is 9.91. The molecule has 0 aromatic heterocycles. The molecule has 8 nitrogen and oxygen atoms in total. The number of urea groups is 1. The minimum Gasteiger partial charge on any atom is -0.355 e. The molecule has 1 aliphatic rings. The van der Waals surface area contributed by atoms with Crippen molar-refractivity contribution in [1.82, 2.24) is 15.5 Å². The van der Waals surface area contributed by atoms with Gasteiger partial charge in [-0.2, -0.15) is 0 Å². The highest BCUT2D eigenvalue weighted by atomic mass is 16.2. The highest BCUT2D eigenvalue weighted by Crippen LogP contribution is 2.20. The third-order valence-corrected chi connectivity index (χ3v) is 4.33. The first-order valence-electron chi connectivity index (χ1n) is 9.35. The van der Waals surface area contributed by atoms with Crippen LogP contribution in [0.5, 0.6) is 0 Å². The topological polar surface area (TPSA) is 117 Å². The highest BCUT2D eigenvalue weighted by Gasteiger charge is 2.28. The lowest BCUT2D eigenvalue weighted by Gasteiger charge is -2.32. The van der Waals surface area contributed by atoms with Crippen molar-refractivity contribution in [2.75, 3.05) is 31.5 Å². The summed E-state index contributed by atoms with van der Waals surface area (Å²) >= 11 is 0. The molecule has 1 aromatic rings. The van der Waals surface area contributed by atoms with Gasteiger partial charge in [0.15, 0.2) is 0 Å². The lowest BCUT2D eigenvalue weighted by Crippen LogP contribution is -2.46. The fourth-order valence-corrected chi connectivity index (χ4v) is 3.02. The molecule has 0 spiro atoms. The van der Waals surface area contributed by atoms with E-state index in [0.717, 1.165) is 12.8 Å². The zero-order valence-corrected chi connectivity index (χ0v) is 16.0. The molecule has 0 aliphatic carbocycles. The standard InChI is InChI=1S/C19H29N5O3/c1-13(2)22-19(27)23-16-7-5-14(6-8-16)18(26)24-11-3-4-15(12-24)17(25)21-10-9-20/h5-8,13,15H,3-4,9-12,20H2,1-2H3,(H,21,25)(H2,22,23,27). The predicted octanol–water partition coefficient (Wildman–Crippen LogP) is 1.14. The molecule has 1 saturated heterocycles. The number of piperidine rings is 1. The Hall–Kier alpha value is -2.61. The van der Waals surface area contributed by atoms with Crippen molar-refractivity contribution in [2.24, 2.45) is 11.7 Å². The summed E-state index contributed by atoms with van der Waals surface area (Å²) in [6.07, 6.45) is 1.56. The first kappa shape index (κ1) is 20.7. The molecular weight excluding hydrogens is 346 g/mol. The van der Waals surface area contributed by atoms with E-state index in [2.05, 4.69) is 16.0 Å². The molecule has 1 aliphatic heterocycles. The minimum absolute atomic E-state index is 0.0416. The van der Waals surface area contributed by atoms with Crippen LogP contribution in [0.3, 0.4) is 0 Å². The number of hydrogen-bond donors (Lipinski definition) is 4. The molecule has 1 aromatic carbocycles. The summed E-state index contributed by atoms with van der Waals surface area (Å²) in [5.74, 6) is -0.354. The van der Waals surface area contributed by atoms with Gasteiger partial charge >= 0.3 is 6.03 Å². The number of carbonyl (C=O) groups excluding carboxylic acids is 3. The van der Waals surface area contributed by atoms with Gasteiger partial charge in [0.25, 0.3) is 5.91 Å². The van der Waals surface area contributed by atoms with Gasteiger partial charge in [0.05, 0.1) is 5.92 Å². The van der Waals surface area contributed by atoms with Crippen LogP contribution >= 0.6 is 0 Å². The molecule has 1 fully saturated rings. The first-order chi connectivity index (χ1) is 12.9. The van der Waals surface area contributed by atoms with Crippen LogP contribution in [0, 0.1) is 5.92 Å². The van der Waals surface area contributed by atoms with E-state index in [1.165, 1.54) is 0 Å². The number of nitrogens with zero attached hydrogens (tertiary/aromatic N) is 1. The number of hydrogen-bond acceptors (Lipinski definition) is 4. The molecule has 5 N–H and O–H groups in total. The van der Waals surface area contributed by atoms with Gasteiger partial charge in [-0.05, 0) is 51.0 Å². The largest absolute Gasteiger partial charge is 0.355 e. The Bertz CT molecular complexity index is 660. The Morgan fingerprint density at radius 2 is 1.93 bits per heavy atom. The van der Waals surface area contributed by atoms with E-state index in [4.69, 9.17) is 5.73 Å². The second-order valence-corrected chi connectivity index (χ2v) is 7.00. The maximum atomic E-state index is 12.7. The Kier molecular flexibility index (Phi) is 7.60. The summed E-state index contributed by atoms with van der Waals surface area (Å²) in [6.45, 7) is 5.65. The van der Waals surface area contributed by atoms with E-state index in [0.29, 0.717) is 37.4 Å². The molecule has 1 atom stereocenters. The minimum atomic E-state index is -0.286. The van der Waals surface area contributed by atoms with Crippen LogP contribution in [0.15, 0.2) is 24.3 Å². The summed E-state index contributed by atoms with van der Waals surface area (Å²) in [6, 6.07) is 6.52. The number of nitrogens with two attached hydrogens (primary N) is 1. The number of nitrogens with one attached hydrogen (secondary N) is 3. The van der Waals surface area contributed by atoms with Gasteiger partial charge in [-0.15, -0.1) is 0 Å². The number of likely N-dealkylation sites (tertiary alicyclic amines) is 1. The van der Waals surface area contributed by atoms with Crippen molar-refractivity contribution < 1.29 is 14.4 Å². The molecule has 1 heterocycles. The van der Waals surface area contributed by atoms with Crippen molar-refractivity contribution in [1.29, 1.82) is 0 Å². The smallest absolute Gasteiger partial charge is 0.319 e. The van der Waals surface area contributed by atoms with Gasteiger partial charge in [0.1, 0.15) is 0 Å². The SMILES string of the molecule is CC(C)NC(=O)Nc1ccc(C(=O)N2CCCC(C(=O)NCCN)C2)cc1. The van der Waals surface area contributed by atoms with Gasteiger partial charge < -0.3 is 26.6 Å². The molecule has 0 radical (unpaired) electrons. The molecule has 0 bridgehead atoms. The average Bonchev–Trinajstić information content (AvgIpc) is 2.65. The normalized spacial score (nSPS) is 16.7. The van der Waals surface area contributed by atoms with E-state index in [-0.39, 0.29) is 29.8 Å². The zero-order valence-electron chi connectivity index (χ0n) is 16.0. The van der Waals surface area contributed by atoms with Gasteiger partial charge in [0, 0.05) is 43.5 Å². The maximum absolute atomic E-state index is 12.7. The molecule has 4 amide bonds. The van der Waals surface area contributed by atoms with Crippen LogP contribution in [-0.2, 0) is 4.79 Å².